The Hall–Kier alpha value is -3.05. The fourth-order valence-electron chi connectivity index (χ4n) is 4.69. The van der Waals surface area contributed by atoms with Gasteiger partial charge in [0.05, 0.1) is 11.1 Å². The van der Waals surface area contributed by atoms with E-state index in [0.29, 0.717) is 11.1 Å². The number of carbonyl (C=O) groups excluding carboxylic acids is 2. The molecule has 0 spiro atoms. The largest absolute Gasteiger partial charge is 0.306 e. The van der Waals surface area contributed by atoms with Crippen LogP contribution in [0.4, 0.5) is 0 Å². The van der Waals surface area contributed by atoms with Gasteiger partial charge in [0.15, 0.2) is 0 Å². The van der Waals surface area contributed by atoms with E-state index in [1.165, 1.54) is 0 Å². The number of hydrogen-bond acceptors (Lipinski definition) is 4. The van der Waals surface area contributed by atoms with Crippen molar-refractivity contribution >= 4 is 19.3 Å². The highest BCUT2D eigenvalue weighted by Crippen LogP contribution is 2.66. The van der Waals surface area contributed by atoms with Gasteiger partial charge < -0.3 is 4.52 Å². The van der Waals surface area contributed by atoms with Gasteiger partial charge in [-0.1, -0.05) is 72.8 Å². The average molecular weight is 460 g/mol. The van der Waals surface area contributed by atoms with Gasteiger partial charge >= 0.3 is 0 Å². The average Bonchev–Trinajstić information content (AvgIpc) is 3.24. The maximum absolute atomic E-state index is 14.6. The fourth-order valence-corrected chi connectivity index (χ4v) is 7.60. The number of imide groups is 1. The molecule has 0 bridgehead atoms. The van der Waals surface area contributed by atoms with Crippen LogP contribution >= 0.6 is 7.52 Å². The molecule has 7 heteroatoms. The Morgan fingerprint density at radius 1 is 0.848 bits per heavy atom. The molecule has 0 aliphatic carbocycles. The lowest BCUT2D eigenvalue weighted by atomic mass is 10.0. The van der Waals surface area contributed by atoms with Crippen molar-refractivity contribution in [2.45, 2.75) is 31.3 Å². The summed E-state index contributed by atoms with van der Waals surface area (Å²) in [6, 6.07) is 25.7. The molecule has 3 aromatic rings. The van der Waals surface area contributed by atoms with E-state index in [1.807, 2.05) is 67.6 Å². The molecule has 2 aliphatic rings. The molecule has 168 valence electrons. The van der Waals surface area contributed by atoms with Gasteiger partial charge in [-0.15, -0.1) is 0 Å². The first kappa shape index (κ1) is 21.8. The van der Waals surface area contributed by atoms with Gasteiger partial charge in [-0.2, -0.15) is 0 Å². The minimum absolute atomic E-state index is 0.202. The van der Waals surface area contributed by atoms with Gasteiger partial charge in [0, 0.05) is 12.5 Å². The van der Waals surface area contributed by atoms with Gasteiger partial charge in [-0.3, -0.25) is 19.1 Å². The summed E-state index contributed by atoms with van der Waals surface area (Å²) in [6.45, 7) is 1.96. The van der Waals surface area contributed by atoms with Crippen molar-refractivity contribution in [3.05, 3.63) is 107 Å². The molecule has 0 saturated carbocycles. The normalized spacial score (nSPS) is 25.9. The minimum Gasteiger partial charge on any atom is -0.306 e. The summed E-state index contributed by atoms with van der Waals surface area (Å²) in [5, 5.41) is 0. The summed E-state index contributed by atoms with van der Waals surface area (Å²) in [5.74, 6) is -1.81. The second-order valence-corrected chi connectivity index (χ2v) is 11.1. The number of nitrogens with zero attached hydrogens (tertiary/aromatic N) is 2. The number of carbonyl (C=O) groups is 2. The number of fused-ring (bicyclic) bond motifs is 1. The van der Waals surface area contributed by atoms with E-state index in [1.54, 1.807) is 36.0 Å². The van der Waals surface area contributed by atoms with Gasteiger partial charge in [0.2, 0.25) is 0 Å². The van der Waals surface area contributed by atoms with Gasteiger partial charge in [-0.25, -0.2) is 4.67 Å². The third-order valence-electron chi connectivity index (χ3n) is 6.62. The molecule has 0 radical (unpaired) electrons. The van der Waals surface area contributed by atoms with E-state index in [2.05, 4.69) is 0 Å². The number of benzene rings is 3. The Morgan fingerprint density at radius 2 is 1.36 bits per heavy atom. The van der Waals surface area contributed by atoms with E-state index in [0.717, 1.165) is 16.0 Å². The molecule has 6 nitrogen and oxygen atoms in total. The zero-order chi connectivity index (χ0) is 23.2. The molecule has 33 heavy (non-hydrogen) atoms. The van der Waals surface area contributed by atoms with Crippen LogP contribution < -0.4 is 0 Å². The van der Waals surface area contributed by atoms with Crippen molar-refractivity contribution in [3.8, 4) is 0 Å². The van der Waals surface area contributed by atoms with Crippen molar-refractivity contribution in [1.29, 1.82) is 0 Å². The molecule has 1 saturated heterocycles. The van der Waals surface area contributed by atoms with E-state index in [-0.39, 0.29) is 12.5 Å². The molecule has 2 amide bonds. The molecule has 2 heterocycles. The van der Waals surface area contributed by atoms with Crippen LogP contribution in [0.3, 0.4) is 0 Å². The molecule has 0 aromatic heterocycles. The monoisotopic (exact) mass is 460 g/mol. The quantitative estimate of drug-likeness (QED) is 0.390. The van der Waals surface area contributed by atoms with E-state index >= 15 is 0 Å². The van der Waals surface area contributed by atoms with Crippen LogP contribution in [0.2, 0.25) is 0 Å². The first-order valence-corrected chi connectivity index (χ1v) is 12.6. The number of likely N-dealkylation sites (N-methyl/N-ethyl adjacent to an activating group) is 1. The van der Waals surface area contributed by atoms with E-state index in [4.69, 9.17) is 4.52 Å². The van der Waals surface area contributed by atoms with Crippen LogP contribution in [0, 0.1) is 0 Å². The van der Waals surface area contributed by atoms with Crippen LogP contribution in [0.5, 0.6) is 0 Å². The summed E-state index contributed by atoms with van der Waals surface area (Å²) >= 11 is 0. The first-order valence-electron chi connectivity index (χ1n) is 11.0. The highest BCUT2D eigenvalue weighted by atomic mass is 31.2. The predicted octanol–water partition coefficient (Wildman–Crippen LogP) is 5.14. The number of hydrogen-bond donors (Lipinski definition) is 0. The summed E-state index contributed by atoms with van der Waals surface area (Å²) in [4.78, 5) is 27.9. The first-order chi connectivity index (χ1) is 15.9. The maximum atomic E-state index is 14.6. The lowest BCUT2D eigenvalue weighted by molar-refractivity contribution is 0.0616. The third-order valence-corrected chi connectivity index (χ3v) is 9.56. The predicted molar refractivity (Wildman–Crippen MR) is 126 cm³/mol. The van der Waals surface area contributed by atoms with Crippen molar-refractivity contribution in [2.24, 2.45) is 0 Å². The lowest BCUT2D eigenvalue weighted by Crippen LogP contribution is -2.43. The molecule has 4 atom stereocenters. The van der Waals surface area contributed by atoms with Crippen LogP contribution in [0.1, 0.15) is 44.9 Å². The smallest absolute Gasteiger partial charge is 0.296 e. The Morgan fingerprint density at radius 3 is 1.94 bits per heavy atom. The Balaban J connectivity index is 1.59. The van der Waals surface area contributed by atoms with Crippen molar-refractivity contribution in [3.63, 3.8) is 0 Å². The summed E-state index contributed by atoms with van der Waals surface area (Å²) < 4.78 is 22.7. The number of rotatable bonds is 5. The molecule has 2 aliphatic heterocycles. The SMILES string of the molecule is C[C@H]1[C@@H](c2ccccc2)O[P@](=O)([C@@H](Cc2ccccc2)N2C(=O)c3ccccc3C2=O)N1C. The van der Waals surface area contributed by atoms with Crippen LogP contribution in [0.25, 0.3) is 0 Å². The molecule has 0 unspecified atom stereocenters. The van der Waals surface area contributed by atoms with Gasteiger partial charge in [0.1, 0.15) is 11.9 Å². The lowest BCUT2D eigenvalue weighted by Gasteiger charge is -2.34. The summed E-state index contributed by atoms with van der Waals surface area (Å²) in [5.41, 5.74) is 2.46. The molecule has 0 N–H and O–H groups in total. The molecule has 1 fully saturated rings. The van der Waals surface area contributed by atoms with Crippen LogP contribution in [-0.2, 0) is 15.5 Å². The maximum Gasteiger partial charge on any atom is 0.296 e. The van der Waals surface area contributed by atoms with Crippen molar-refractivity contribution in [1.82, 2.24) is 9.57 Å². The van der Waals surface area contributed by atoms with E-state index < -0.39 is 31.2 Å². The van der Waals surface area contributed by atoms with Gasteiger partial charge in [0.25, 0.3) is 19.3 Å². The van der Waals surface area contributed by atoms with Crippen LogP contribution in [-0.4, -0.2) is 40.3 Å². The topological polar surface area (TPSA) is 66.9 Å². The Bertz CT molecular complexity index is 1210. The summed E-state index contributed by atoms with van der Waals surface area (Å²) in [7, 11) is -1.89. The second-order valence-electron chi connectivity index (χ2n) is 8.51. The zero-order valence-corrected chi connectivity index (χ0v) is 19.4. The standard InChI is InChI=1S/C26H25N2O4P/c1-18-24(20-13-7-4-8-14-20)32-33(31,27(18)2)23(17-19-11-5-3-6-12-19)28-25(29)21-15-9-10-16-22(21)26(28)30/h3-16,18,23-24H,17H2,1-2H3/t18-,23-,24-,33+/m0/s1. The number of amides is 2. The van der Waals surface area contributed by atoms with Crippen molar-refractivity contribution < 1.29 is 18.7 Å². The molecular weight excluding hydrogens is 435 g/mol. The Kier molecular flexibility index (Phi) is 5.53. The second kappa shape index (κ2) is 8.38. The Labute approximate surface area is 193 Å². The fraction of sp³-hybridized carbons (Fsp3) is 0.231. The highest BCUT2D eigenvalue weighted by Gasteiger charge is 2.56. The summed E-state index contributed by atoms with van der Waals surface area (Å²) in [6.07, 6.45) is -0.196. The van der Waals surface area contributed by atoms with E-state index in [9.17, 15) is 14.2 Å². The zero-order valence-electron chi connectivity index (χ0n) is 18.5. The van der Waals surface area contributed by atoms with Crippen LogP contribution in [0.15, 0.2) is 84.9 Å². The third kappa shape index (κ3) is 3.55. The minimum atomic E-state index is -3.65. The van der Waals surface area contributed by atoms with Gasteiger partial charge in [-0.05, 0) is 37.2 Å². The molecular formula is C26H25N2O4P. The molecule has 3 aromatic carbocycles. The molecule has 5 rings (SSSR count). The highest BCUT2D eigenvalue weighted by molar-refractivity contribution is 7.57. The van der Waals surface area contributed by atoms with Crippen molar-refractivity contribution in [2.75, 3.05) is 7.05 Å².